The number of hydrogen-bond acceptors (Lipinski definition) is 3. The molecule has 3 N–H and O–H groups in total. The van der Waals surface area contributed by atoms with Gasteiger partial charge < -0.3 is 15.8 Å². The van der Waals surface area contributed by atoms with Crippen LogP contribution in [0.4, 0.5) is 15.8 Å². The van der Waals surface area contributed by atoms with Gasteiger partial charge in [0.1, 0.15) is 17.1 Å². The summed E-state index contributed by atoms with van der Waals surface area (Å²) in [5.41, 5.74) is 6.61. The topological polar surface area (TPSA) is 64.3 Å². The van der Waals surface area contributed by atoms with Gasteiger partial charge in [-0.2, -0.15) is 0 Å². The van der Waals surface area contributed by atoms with E-state index in [-0.39, 0.29) is 22.0 Å². The van der Waals surface area contributed by atoms with Gasteiger partial charge in [0.2, 0.25) is 0 Å². The molecule has 0 heterocycles. The molecule has 0 spiro atoms. The number of rotatable bonds is 4. The van der Waals surface area contributed by atoms with Gasteiger partial charge in [0, 0.05) is 11.4 Å². The third-order valence-electron chi connectivity index (χ3n) is 2.76. The highest BCUT2D eigenvalue weighted by atomic mass is 35.5. The standard InChI is InChI=1S/C15H14ClFN2O2/c1-2-21-13-5-3-4-12(18)14(13)15(20)19-9-6-7-10(16)11(17)8-9/h3-8H,2,18H2,1H3,(H,19,20). The highest BCUT2D eigenvalue weighted by Crippen LogP contribution is 2.26. The highest BCUT2D eigenvalue weighted by Gasteiger charge is 2.16. The van der Waals surface area contributed by atoms with E-state index in [1.165, 1.54) is 12.1 Å². The molecular weight excluding hydrogens is 295 g/mol. The first-order valence-corrected chi connectivity index (χ1v) is 6.68. The van der Waals surface area contributed by atoms with Crippen molar-refractivity contribution < 1.29 is 13.9 Å². The van der Waals surface area contributed by atoms with Crippen molar-refractivity contribution in [3.63, 3.8) is 0 Å². The maximum atomic E-state index is 13.4. The molecule has 2 aromatic rings. The molecule has 0 aromatic heterocycles. The van der Waals surface area contributed by atoms with Crippen LogP contribution in [0.3, 0.4) is 0 Å². The van der Waals surface area contributed by atoms with Crippen LogP contribution in [0.1, 0.15) is 17.3 Å². The second-order valence-electron chi connectivity index (χ2n) is 4.24. The van der Waals surface area contributed by atoms with Gasteiger partial charge in [0.05, 0.1) is 11.6 Å². The molecule has 0 saturated heterocycles. The van der Waals surface area contributed by atoms with E-state index in [1.807, 2.05) is 0 Å². The van der Waals surface area contributed by atoms with Crippen LogP contribution in [0.25, 0.3) is 0 Å². The van der Waals surface area contributed by atoms with E-state index in [0.29, 0.717) is 12.4 Å². The number of nitrogens with two attached hydrogens (primary N) is 1. The number of nitrogen functional groups attached to an aromatic ring is 1. The Labute approximate surface area is 126 Å². The zero-order valence-electron chi connectivity index (χ0n) is 11.3. The summed E-state index contributed by atoms with van der Waals surface area (Å²) in [5.74, 6) is -0.705. The van der Waals surface area contributed by atoms with Gasteiger partial charge in [-0.1, -0.05) is 17.7 Å². The third kappa shape index (κ3) is 3.44. The molecule has 1 amide bonds. The SMILES string of the molecule is CCOc1cccc(N)c1C(=O)Nc1ccc(Cl)c(F)c1. The number of amides is 1. The number of carbonyl (C=O) groups excluding carboxylic acids is 1. The summed E-state index contributed by atoms with van der Waals surface area (Å²) in [6.45, 7) is 2.21. The molecular formula is C15H14ClFN2O2. The van der Waals surface area contributed by atoms with Crippen molar-refractivity contribution >= 4 is 28.9 Å². The molecule has 0 fully saturated rings. The first-order chi connectivity index (χ1) is 10.0. The molecule has 0 atom stereocenters. The number of benzene rings is 2. The lowest BCUT2D eigenvalue weighted by atomic mass is 10.1. The minimum absolute atomic E-state index is 0.0118. The second kappa shape index (κ2) is 6.45. The molecule has 0 unspecified atom stereocenters. The molecule has 110 valence electrons. The Morgan fingerprint density at radius 3 is 2.81 bits per heavy atom. The predicted molar refractivity (Wildman–Crippen MR) is 81.4 cm³/mol. The van der Waals surface area contributed by atoms with Crippen LogP contribution in [-0.2, 0) is 0 Å². The van der Waals surface area contributed by atoms with Gasteiger partial charge in [-0.05, 0) is 37.3 Å². The maximum Gasteiger partial charge on any atom is 0.261 e. The molecule has 0 aliphatic heterocycles. The zero-order chi connectivity index (χ0) is 15.4. The molecule has 2 aromatic carbocycles. The smallest absolute Gasteiger partial charge is 0.261 e. The molecule has 4 nitrogen and oxygen atoms in total. The molecule has 0 aliphatic rings. The van der Waals surface area contributed by atoms with Crippen molar-refractivity contribution in [2.75, 3.05) is 17.7 Å². The van der Waals surface area contributed by atoms with Crippen molar-refractivity contribution in [3.05, 3.63) is 52.8 Å². The van der Waals surface area contributed by atoms with E-state index in [9.17, 15) is 9.18 Å². The van der Waals surface area contributed by atoms with Crippen molar-refractivity contribution in [3.8, 4) is 5.75 Å². The Kier molecular flexibility index (Phi) is 4.65. The van der Waals surface area contributed by atoms with E-state index in [2.05, 4.69) is 5.32 Å². The van der Waals surface area contributed by atoms with Gasteiger partial charge in [-0.25, -0.2) is 4.39 Å². The Bertz CT molecular complexity index is 677. The second-order valence-corrected chi connectivity index (χ2v) is 4.64. The van der Waals surface area contributed by atoms with E-state index < -0.39 is 11.7 Å². The van der Waals surface area contributed by atoms with E-state index in [1.54, 1.807) is 25.1 Å². The van der Waals surface area contributed by atoms with E-state index in [4.69, 9.17) is 22.1 Å². The Morgan fingerprint density at radius 1 is 1.38 bits per heavy atom. The number of halogens is 2. The summed E-state index contributed by atoms with van der Waals surface area (Å²) in [4.78, 5) is 12.3. The van der Waals surface area contributed by atoms with E-state index >= 15 is 0 Å². The largest absolute Gasteiger partial charge is 0.493 e. The Morgan fingerprint density at radius 2 is 2.14 bits per heavy atom. The fourth-order valence-electron chi connectivity index (χ4n) is 1.83. The number of hydrogen-bond donors (Lipinski definition) is 2. The van der Waals surface area contributed by atoms with Gasteiger partial charge in [0.25, 0.3) is 5.91 Å². The van der Waals surface area contributed by atoms with Crippen molar-refractivity contribution in [2.45, 2.75) is 6.92 Å². The van der Waals surface area contributed by atoms with Gasteiger partial charge >= 0.3 is 0 Å². The molecule has 0 aliphatic carbocycles. The Balaban J connectivity index is 2.29. The summed E-state index contributed by atoms with van der Waals surface area (Å²) in [6, 6.07) is 8.95. The van der Waals surface area contributed by atoms with Crippen LogP contribution < -0.4 is 15.8 Å². The van der Waals surface area contributed by atoms with Gasteiger partial charge in [-0.3, -0.25) is 4.79 Å². The normalized spacial score (nSPS) is 10.2. The van der Waals surface area contributed by atoms with Crippen LogP contribution in [-0.4, -0.2) is 12.5 Å². The molecule has 0 saturated carbocycles. The maximum absolute atomic E-state index is 13.4. The molecule has 6 heteroatoms. The average Bonchev–Trinajstić information content (AvgIpc) is 2.43. The molecule has 0 radical (unpaired) electrons. The van der Waals surface area contributed by atoms with Crippen LogP contribution in [0.2, 0.25) is 5.02 Å². The van der Waals surface area contributed by atoms with Gasteiger partial charge in [-0.15, -0.1) is 0 Å². The average molecular weight is 309 g/mol. The lowest BCUT2D eigenvalue weighted by molar-refractivity contribution is 0.102. The number of anilines is 2. The van der Waals surface area contributed by atoms with Crippen molar-refractivity contribution in [1.29, 1.82) is 0 Å². The fourth-order valence-corrected chi connectivity index (χ4v) is 1.95. The summed E-state index contributed by atoms with van der Waals surface area (Å²) >= 11 is 5.60. The van der Waals surface area contributed by atoms with Crippen LogP contribution >= 0.6 is 11.6 Å². The van der Waals surface area contributed by atoms with Crippen molar-refractivity contribution in [1.82, 2.24) is 0 Å². The fraction of sp³-hybridized carbons (Fsp3) is 0.133. The highest BCUT2D eigenvalue weighted by molar-refractivity contribution is 6.30. The number of ether oxygens (including phenoxy) is 1. The molecule has 2 rings (SSSR count). The Hall–Kier alpha value is -2.27. The summed E-state index contributed by atoms with van der Waals surface area (Å²) < 4.78 is 18.8. The summed E-state index contributed by atoms with van der Waals surface area (Å²) in [5, 5.41) is 2.56. The van der Waals surface area contributed by atoms with Gasteiger partial charge in [0.15, 0.2) is 0 Å². The minimum atomic E-state index is -0.611. The number of carbonyl (C=O) groups is 1. The lowest BCUT2D eigenvalue weighted by Crippen LogP contribution is -2.16. The third-order valence-corrected chi connectivity index (χ3v) is 3.07. The molecule has 0 bridgehead atoms. The van der Waals surface area contributed by atoms with Crippen LogP contribution in [0.5, 0.6) is 5.75 Å². The first-order valence-electron chi connectivity index (χ1n) is 6.30. The zero-order valence-corrected chi connectivity index (χ0v) is 12.1. The first kappa shape index (κ1) is 15.1. The molecule has 21 heavy (non-hydrogen) atoms. The van der Waals surface area contributed by atoms with Crippen LogP contribution in [0.15, 0.2) is 36.4 Å². The lowest BCUT2D eigenvalue weighted by Gasteiger charge is -2.13. The quantitative estimate of drug-likeness (QED) is 0.846. The summed E-state index contributed by atoms with van der Waals surface area (Å²) in [7, 11) is 0. The van der Waals surface area contributed by atoms with Crippen molar-refractivity contribution in [2.24, 2.45) is 0 Å². The minimum Gasteiger partial charge on any atom is -0.493 e. The number of nitrogens with one attached hydrogen (secondary N) is 1. The summed E-state index contributed by atoms with van der Waals surface area (Å²) in [6.07, 6.45) is 0. The van der Waals surface area contributed by atoms with E-state index in [0.717, 1.165) is 6.07 Å². The predicted octanol–water partition coefficient (Wildman–Crippen LogP) is 3.71. The van der Waals surface area contributed by atoms with Crippen LogP contribution in [0, 0.1) is 5.82 Å². The monoisotopic (exact) mass is 308 g/mol.